The number of hydrogen-bond donors (Lipinski definition) is 2. The van der Waals surface area contributed by atoms with Crippen LogP contribution in [0.3, 0.4) is 0 Å². The van der Waals surface area contributed by atoms with Gasteiger partial charge in [-0.3, -0.25) is 4.79 Å². The fraction of sp³-hybridized carbons (Fsp3) is 0.421. The van der Waals surface area contributed by atoms with E-state index in [1.165, 1.54) is 23.1 Å². The van der Waals surface area contributed by atoms with Crippen LogP contribution < -0.4 is 0 Å². The van der Waals surface area contributed by atoms with Gasteiger partial charge in [-0.1, -0.05) is 6.07 Å². The van der Waals surface area contributed by atoms with E-state index in [9.17, 15) is 27.9 Å². The molecule has 32 heavy (non-hydrogen) atoms. The average Bonchev–Trinajstić information content (AvgIpc) is 3.15. The number of benzene rings is 1. The van der Waals surface area contributed by atoms with Gasteiger partial charge in [-0.15, -0.1) is 10.2 Å². The second kappa shape index (κ2) is 9.34. The molecule has 0 radical (unpaired) electrons. The molecular formula is C19H21F3N6O4. The number of piperazine rings is 1. The van der Waals surface area contributed by atoms with E-state index in [4.69, 9.17) is 5.11 Å². The van der Waals surface area contributed by atoms with Crippen LogP contribution in [0.25, 0.3) is 6.08 Å². The first kappa shape index (κ1) is 23.2. The molecule has 0 saturated carbocycles. The van der Waals surface area contributed by atoms with Gasteiger partial charge in [0.25, 0.3) is 0 Å². The van der Waals surface area contributed by atoms with Gasteiger partial charge in [0, 0.05) is 25.7 Å². The SMILES string of the molecule is Cc1nnn(Cc2cc(C(F)(F)F)ccc2C=CC(=O)N2CCN(C(=O)O)CC2CO)n1. The lowest BCUT2D eigenvalue weighted by molar-refractivity contribution is -0.137. The van der Waals surface area contributed by atoms with Crippen LogP contribution in [0.15, 0.2) is 24.3 Å². The highest BCUT2D eigenvalue weighted by Gasteiger charge is 2.32. The van der Waals surface area contributed by atoms with Crippen molar-refractivity contribution >= 4 is 18.1 Å². The van der Waals surface area contributed by atoms with Crippen LogP contribution >= 0.6 is 0 Å². The number of carboxylic acid groups (broad SMARTS) is 1. The van der Waals surface area contributed by atoms with E-state index in [1.54, 1.807) is 6.92 Å². The molecule has 1 aliphatic heterocycles. The van der Waals surface area contributed by atoms with E-state index >= 15 is 0 Å². The zero-order chi connectivity index (χ0) is 23.5. The minimum atomic E-state index is -4.54. The van der Waals surface area contributed by atoms with Crippen molar-refractivity contribution in [2.75, 3.05) is 26.2 Å². The lowest BCUT2D eigenvalue weighted by Gasteiger charge is -2.39. The zero-order valence-corrected chi connectivity index (χ0v) is 17.0. The van der Waals surface area contributed by atoms with Gasteiger partial charge < -0.3 is 20.0 Å². The van der Waals surface area contributed by atoms with Crippen molar-refractivity contribution < 1.29 is 33.0 Å². The number of rotatable bonds is 5. The van der Waals surface area contributed by atoms with Crippen molar-refractivity contribution in [1.29, 1.82) is 0 Å². The second-order valence-corrected chi connectivity index (χ2v) is 7.21. The fourth-order valence-electron chi connectivity index (χ4n) is 3.36. The van der Waals surface area contributed by atoms with Crippen molar-refractivity contribution in [3.63, 3.8) is 0 Å². The Morgan fingerprint density at radius 3 is 2.62 bits per heavy atom. The number of carbonyl (C=O) groups excluding carboxylic acids is 1. The summed E-state index contributed by atoms with van der Waals surface area (Å²) >= 11 is 0. The summed E-state index contributed by atoms with van der Waals surface area (Å²) in [5.41, 5.74) is -0.264. The molecule has 1 atom stereocenters. The Morgan fingerprint density at radius 1 is 1.28 bits per heavy atom. The predicted octanol–water partition coefficient (Wildman–Crippen LogP) is 1.24. The Labute approximate surface area is 180 Å². The zero-order valence-electron chi connectivity index (χ0n) is 17.0. The van der Waals surface area contributed by atoms with Gasteiger partial charge in [-0.05, 0) is 41.5 Å². The minimum Gasteiger partial charge on any atom is -0.465 e. The molecular weight excluding hydrogens is 433 g/mol. The Kier molecular flexibility index (Phi) is 6.77. The molecule has 2 aromatic rings. The summed E-state index contributed by atoms with van der Waals surface area (Å²) in [6.07, 6.45) is -3.13. The van der Waals surface area contributed by atoms with E-state index in [-0.39, 0.29) is 31.7 Å². The van der Waals surface area contributed by atoms with Crippen LogP contribution in [0, 0.1) is 6.92 Å². The van der Waals surface area contributed by atoms with Crippen molar-refractivity contribution in [2.24, 2.45) is 0 Å². The van der Waals surface area contributed by atoms with E-state index in [1.807, 2.05) is 0 Å². The number of aromatic nitrogens is 4. The monoisotopic (exact) mass is 454 g/mol. The highest BCUT2D eigenvalue weighted by molar-refractivity contribution is 5.92. The maximum Gasteiger partial charge on any atom is 0.416 e. The molecule has 0 bridgehead atoms. The number of aliphatic hydroxyl groups excluding tert-OH is 1. The highest BCUT2D eigenvalue weighted by atomic mass is 19.4. The minimum absolute atomic E-state index is 0.0335. The van der Waals surface area contributed by atoms with Gasteiger partial charge >= 0.3 is 12.3 Å². The Morgan fingerprint density at radius 2 is 2.03 bits per heavy atom. The number of carbonyl (C=O) groups is 2. The number of hydrogen-bond acceptors (Lipinski definition) is 6. The first-order valence-electron chi connectivity index (χ1n) is 9.60. The summed E-state index contributed by atoms with van der Waals surface area (Å²) < 4.78 is 39.5. The number of nitrogens with zero attached hydrogens (tertiary/aromatic N) is 6. The number of aliphatic hydroxyl groups is 1. The first-order chi connectivity index (χ1) is 15.1. The summed E-state index contributed by atoms with van der Waals surface area (Å²) in [6.45, 7) is 1.23. The van der Waals surface area contributed by atoms with E-state index in [2.05, 4.69) is 15.4 Å². The Bertz CT molecular complexity index is 1020. The number of amides is 2. The van der Waals surface area contributed by atoms with Gasteiger partial charge in [-0.25, -0.2) is 4.79 Å². The molecule has 1 fully saturated rings. The summed E-state index contributed by atoms with van der Waals surface area (Å²) in [5, 5.41) is 30.1. The Balaban J connectivity index is 1.83. The highest BCUT2D eigenvalue weighted by Crippen LogP contribution is 2.31. The summed E-state index contributed by atoms with van der Waals surface area (Å²) in [4.78, 5) is 27.4. The maximum absolute atomic E-state index is 13.2. The molecule has 1 unspecified atom stereocenters. The molecule has 10 nitrogen and oxygen atoms in total. The molecule has 1 saturated heterocycles. The van der Waals surface area contributed by atoms with Crippen LogP contribution in [0.4, 0.5) is 18.0 Å². The second-order valence-electron chi connectivity index (χ2n) is 7.21. The lowest BCUT2D eigenvalue weighted by atomic mass is 10.0. The normalized spacial score (nSPS) is 17.2. The van der Waals surface area contributed by atoms with Crippen molar-refractivity contribution in [3.8, 4) is 0 Å². The van der Waals surface area contributed by atoms with Crippen molar-refractivity contribution in [3.05, 3.63) is 46.8 Å². The molecule has 2 amide bonds. The van der Waals surface area contributed by atoms with Crippen LogP contribution in [0.1, 0.15) is 22.5 Å². The molecule has 1 aliphatic rings. The lowest BCUT2D eigenvalue weighted by Crippen LogP contribution is -2.57. The van der Waals surface area contributed by atoms with Gasteiger partial charge in [0.15, 0.2) is 5.82 Å². The molecule has 1 aromatic carbocycles. The summed E-state index contributed by atoms with van der Waals surface area (Å²) in [7, 11) is 0. The third kappa shape index (κ3) is 5.41. The van der Waals surface area contributed by atoms with Crippen LogP contribution in [-0.2, 0) is 17.5 Å². The number of alkyl halides is 3. The number of aryl methyl sites for hydroxylation is 1. The summed E-state index contributed by atoms with van der Waals surface area (Å²) in [6, 6.07) is 2.41. The Hall–Kier alpha value is -3.48. The standard InChI is InChI=1S/C19H21F3N6O4/c1-12-23-25-28(24-12)9-14-8-15(19(20,21)22)4-2-13(14)3-5-17(30)27-7-6-26(18(31)32)10-16(27)11-29/h2-5,8,16,29H,6-7,9-11H2,1H3,(H,31,32). The van der Waals surface area contributed by atoms with E-state index in [0.717, 1.165) is 21.8 Å². The largest absolute Gasteiger partial charge is 0.465 e. The van der Waals surface area contributed by atoms with Crippen LogP contribution in [0.5, 0.6) is 0 Å². The van der Waals surface area contributed by atoms with Crippen molar-refractivity contribution in [2.45, 2.75) is 25.7 Å². The van der Waals surface area contributed by atoms with Gasteiger partial charge in [-0.2, -0.15) is 18.0 Å². The molecule has 3 rings (SSSR count). The molecule has 1 aromatic heterocycles. The van der Waals surface area contributed by atoms with E-state index < -0.39 is 36.4 Å². The molecule has 2 N–H and O–H groups in total. The van der Waals surface area contributed by atoms with Crippen LogP contribution in [0.2, 0.25) is 0 Å². The smallest absolute Gasteiger partial charge is 0.416 e. The van der Waals surface area contributed by atoms with Crippen molar-refractivity contribution in [1.82, 2.24) is 30.0 Å². The number of halogens is 3. The third-order valence-corrected chi connectivity index (χ3v) is 4.99. The fourth-order valence-corrected chi connectivity index (χ4v) is 3.36. The van der Waals surface area contributed by atoms with Gasteiger partial charge in [0.2, 0.25) is 5.91 Å². The maximum atomic E-state index is 13.2. The topological polar surface area (TPSA) is 125 Å². The number of tetrazole rings is 1. The van der Waals surface area contributed by atoms with Gasteiger partial charge in [0.05, 0.1) is 24.8 Å². The van der Waals surface area contributed by atoms with E-state index in [0.29, 0.717) is 11.4 Å². The third-order valence-electron chi connectivity index (χ3n) is 4.99. The first-order valence-corrected chi connectivity index (χ1v) is 9.60. The quantitative estimate of drug-likeness (QED) is 0.652. The van der Waals surface area contributed by atoms with Crippen LogP contribution in [-0.4, -0.2) is 84.5 Å². The molecule has 0 spiro atoms. The predicted molar refractivity (Wildman–Crippen MR) is 104 cm³/mol. The molecule has 172 valence electrons. The average molecular weight is 454 g/mol. The van der Waals surface area contributed by atoms with Gasteiger partial charge in [0.1, 0.15) is 0 Å². The molecule has 2 heterocycles. The molecule has 0 aliphatic carbocycles. The molecule has 13 heteroatoms. The summed E-state index contributed by atoms with van der Waals surface area (Å²) in [5.74, 6) is -0.130.